The van der Waals surface area contributed by atoms with Gasteiger partial charge in [0.05, 0.1) is 28.4 Å². The molecule has 2 aliphatic carbocycles. The first-order valence-electron chi connectivity index (χ1n) is 17.3. The SMILES string of the molecule is Cc1cc(C(=O)N2CC3CCC2C3N)cc2nc(-c3cc4ccccc4n3CC3CC3)n(CC3CN(C(=O)c4ccc(C#N)cc4)C3)c12. The fourth-order valence-corrected chi connectivity index (χ4v) is 8.55. The highest BCUT2D eigenvalue weighted by molar-refractivity contribution is 6.00. The number of nitrogens with two attached hydrogens (primary N) is 1. The number of nitriles is 1. The van der Waals surface area contributed by atoms with E-state index in [1.54, 1.807) is 24.3 Å². The lowest BCUT2D eigenvalue weighted by Crippen LogP contribution is -2.51. The summed E-state index contributed by atoms with van der Waals surface area (Å²) in [7, 11) is 0. The van der Waals surface area contributed by atoms with E-state index in [0.29, 0.717) is 48.2 Å². The van der Waals surface area contributed by atoms with E-state index in [4.69, 9.17) is 16.0 Å². The number of carbonyl (C=O) groups is 2. The number of para-hydroxylation sites is 1. The molecule has 4 fully saturated rings. The van der Waals surface area contributed by atoms with Crippen molar-refractivity contribution in [1.29, 1.82) is 5.26 Å². The molecule has 5 aromatic rings. The molecule has 9 heteroatoms. The standard InChI is InChI=1S/C39H39N7O2/c1-23-14-30(39(48)45-22-29-12-13-33(45)35(29)41)15-31-36(23)46(21-26-18-43(19-26)38(47)27-10-8-24(17-40)9-11-27)37(42-31)34-16-28-4-2-3-5-32(28)44(34)20-25-6-7-25/h2-5,8-11,14-16,25-26,29,33,35H,6-7,12-13,18-22,41H2,1H3. The number of benzene rings is 3. The Morgan fingerprint density at radius 2 is 1.65 bits per heavy atom. The van der Waals surface area contributed by atoms with Gasteiger partial charge in [-0.2, -0.15) is 5.26 Å². The molecule has 2 aromatic heterocycles. The molecule has 242 valence electrons. The molecule has 4 heterocycles. The van der Waals surface area contributed by atoms with Crippen LogP contribution in [0.1, 0.15) is 57.5 Å². The minimum Gasteiger partial charge on any atom is -0.338 e. The van der Waals surface area contributed by atoms with Gasteiger partial charge in [-0.3, -0.25) is 9.59 Å². The van der Waals surface area contributed by atoms with Gasteiger partial charge in [-0.1, -0.05) is 18.2 Å². The van der Waals surface area contributed by atoms with Crippen molar-refractivity contribution < 1.29 is 9.59 Å². The van der Waals surface area contributed by atoms with Crippen molar-refractivity contribution in [2.24, 2.45) is 23.5 Å². The molecule has 3 atom stereocenters. The highest BCUT2D eigenvalue weighted by Crippen LogP contribution is 2.40. The molecule has 2 aliphatic heterocycles. The third-order valence-electron chi connectivity index (χ3n) is 11.3. The summed E-state index contributed by atoms with van der Waals surface area (Å²) in [5, 5.41) is 10.3. The van der Waals surface area contributed by atoms with E-state index in [1.165, 1.54) is 23.7 Å². The number of likely N-dealkylation sites (tertiary alicyclic amines) is 2. The monoisotopic (exact) mass is 637 g/mol. The predicted molar refractivity (Wildman–Crippen MR) is 184 cm³/mol. The van der Waals surface area contributed by atoms with Crippen molar-refractivity contribution in [3.05, 3.63) is 89.0 Å². The number of fused-ring (bicyclic) bond motifs is 4. The molecular weight excluding hydrogens is 598 g/mol. The molecule has 0 spiro atoms. The maximum Gasteiger partial charge on any atom is 0.254 e. The van der Waals surface area contributed by atoms with Gasteiger partial charge in [-0.15, -0.1) is 0 Å². The largest absolute Gasteiger partial charge is 0.338 e. The van der Waals surface area contributed by atoms with Gasteiger partial charge in [-0.25, -0.2) is 4.98 Å². The predicted octanol–water partition coefficient (Wildman–Crippen LogP) is 5.58. The molecule has 2 saturated carbocycles. The average Bonchev–Trinajstić information content (AvgIpc) is 3.43. The fraction of sp³-hybridized carbons (Fsp3) is 0.385. The summed E-state index contributed by atoms with van der Waals surface area (Å²) in [5.41, 5.74) is 13.5. The maximum absolute atomic E-state index is 13.9. The van der Waals surface area contributed by atoms with E-state index < -0.39 is 0 Å². The van der Waals surface area contributed by atoms with Crippen LogP contribution in [0.15, 0.2) is 66.7 Å². The van der Waals surface area contributed by atoms with Crippen LogP contribution in [0, 0.1) is 36.0 Å². The van der Waals surface area contributed by atoms with Crippen molar-refractivity contribution in [2.75, 3.05) is 19.6 Å². The van der Waals surface area contributed by atoms with E-state index in [9.17, 15) is 9.59 Å². The van der Waals surface area contributed by atoms with Gasteiger partial charge in [-0.05, 0) is 98.5 Å². The molecular formula is C39H39N7O2. The number of nitrogens with zero attached hydrogens (tertiary/aromatic N) is 6. The number of amides is 2. The molecule has 9 rings (SSSR count). The summed E-state index contributed by atoms with van der Waals surface area (Å²) in [5.74, 6) is 2.29. The Kier molecular flexibility index (Phi) is 6.73. The first-order valence-corrected chi connectivity index (χ1v) is 17.3. The quantitative estimate of drug-likeness (QED) is 0.250. The van der Waals surface area contributed by atoms with Crippen LogP contribution in [0.25, 0.3) is 33.5 Å². The number of hydrogen-bond acceptors (Lipinski definition) is 5. The smallest absolute Gasteiger partial charge is 0.254 e. The minimum absolute atomic E-state index is 0.00863. The van der Waals surface area contributed by atoms with Crippen LogP contribution >= 0.6 is 0 Å². The highest BCUT2D eigenvalue weighted by atomic mass is 16.2. The van der Waals surface area contributed by atoms with E-state index in [0.717, 1.165) is 54.0 Å². The zero-order valence-electron chi connectivity index (χ0n) is 27.2. The van der Waals surface area contributed by atoms with E-state index >= 15 is 0 Å². The Bertz CT molecular complexity index is 2140. The van der Waals surface area contributed by atoms with Crippen molar-refractivity contribution in [3.63, 3.8) is 0 Å². The Labute approximate surface area is 279 Å². The van der Waals surface area contributed by atoms with Crippen LogP contribution < -0.4 is 5.73 Å². The van der Waals surface area contributed by atoms with Crippen molar-refractivity contribution in [2.45, 2.75) is 57.8 Å². The lowest BCUT2D eigenvalue weighted by atomic mass is 9.98. The second-order valence-electron chi connectivity index (χ2n) is 14.6. The topological polar surface area (TPSA) is 113 Å². The molecule has 2 amide bonds. The first-order chi connectivity index (χ1) is 23.4. The Morgan fingerprint density at radius 3 is 2.35 bits per heavy atom. The molecule has 4 aliphatic rings. The lowest BCUT2D eigenvalue weighted by Gasteiger charge is -2.40. The molecule has 9 nitrogen and oxygen atoms in total. The summed E-state index contributed by atoms with van der Waals surface area (Å²) in [6.07, 6.45) is 4.59. The first kappa shape index (κ1) is 29.2. The van der Waals surface area contributed by atoms with Gasteiger partial charge in [0, 0.05) is 72.8 Å². The molecule has 2 saturated heterocycles. The number of imidazole rings is 1. The van der Waals surface area contributed by atoms with E-state index in [-0.39, 0.29) is 29.8 Å². The number of aryl methyl sites for hydroxylation is 1. The van der Waals surface area contributed by atoms with Crippen LogP contribution in [-0.2, 0) is 13.1 Å². The van der Waals surface area contributed by atoms with Crippen LogP contribution in [0.5, 0.6) is 0 Å². The van der Waals surface area contributed by atoms with E-state index in [1.807, 2.05) is 21.9 Å². The average molecular weight is 638 g/mol. The molecule has 2 bridgehead atoms. The van der Waals surface area contributed by atoms with Crippen molar-refractivity contribution in [3.8, 4) is 17.6 Å². The minimum atomic E-state index is -0.00863. The zero-order valence-corrected chi connectivity index (χ0v) is 27.2. The van der Waals surface area contributed by atoms with Crippen LogP contribution in [-0.4, -0.2) is 67.5 Å². The van der Waals surface area contributed by atoms with Gasteiger partial charge in [0.2, 0.25) is 0 Å². The summed E-state index contributed by atoms with van der Waals surface area (Å²) in [6.45, 7) is 5.80. The number of carbonyl (C=O) groups excluding carboxylic acids is 2. The van der Waals surface area contributed by atoms with Crippen LogP contribution in [0.2, 0.25) is 0 Å². The molecule has 0 radical (unpaired) electrons. The number of rotatable bonds is 7. The number of aromatic nitrogens is 3. The zero-order chi connectivity index (χ0) is 32.7. The van der Waals surface area contributed by atoms with Crippen LogP contribution in [0.3, 0.4) is 0 Å². The number of piperidine rings is 1. The summed E-state index contributed by atoms with van der Waals surface area (Å²) in [4.78, 5) is 36.4. The van der Waals surface area contributed by atoms with Crippen molar-refractivity contribution in [1.82, 2.24) is 23.9 Å². The maximum atomic E-state index is 13.9. The Morgan fingerprint density at radius 1 is 0.875 bits per heavy atom. The van der Waals surface area contributed by atoms with Crippen molar-refractivity contribution >= 4 is 33.8 Å². The van der Waals surface area contributed by atoms with Gasteiger partial charge in [0.15, 0.2) is 5.82 Å². The molecule has 48 heavy (non-hydrogen) atoms. The lowest BCUT2D eigenvalue weighted by molar-refractivity contribution is 0.0471. The highest BCUT2D eigenvalue weighted by Gasteiger charge is 2.47. The summed E-state index contributed by atoms with van der Waals surface area (Å²) >= 11 is 0. The molecule has 3 unspecified atom stereocenters. The molecule has 3 aromatic carbocycles. The molecule has 2 N–H and O–H groups in total. The summed E-state index contributed by atoms with van der Waals surface area (Å²) in [6, 6.07) is 24.0. The fourth-order valence-electron chi connectivity index (χ4n) is 8.55. The Hall–Kier alpha value is -4.94. The second-order valence-corrected chi connectivity index (χ2v) is 14.6. The number of hydrogen-bond donors (Lipinski definition) is 1. The third-order valence-corrected chi connectivity index (χ3v) is 11.3. The normalized spacial score (nSPS) is 22.1. The third kappa shape index (κ3) is 4.73. The van der Waals surface area contributed by atoms with Gasteiger partial charge >= 0.3 is 0 Å². The van der Waals surface area contributed by atoms with E-state index in [2.05, 4.69) is 52.5 Å². The summed E-state index contributed by atoms with van der Waals surface area (Å²) < 4.78 is 4.79. The van der Waals surface area contributed by atoms with Gasteiger partial charge in [0.25, 0.3) is 11.8 Å². The van der Waals surface area contributed by atoms with Gasteiger partial charge < -0.3 is 24.7 Å². The Balaban J connectivity index is 1.09. The van der Waals surface area contributed by atoms with Gasteiger partial charge in [0.1, 0.15) is 0 Å². The second kappa shape index (κ2) is 11.1. The van der Waals surface area contributed by atoms with Crippen LogP contribution in [0.4, 0.5) is 0 Å².